The molecular weight excluding hydrogens is 336 g/mol. The van der Waals surface area contributed by atoms with Gasteiger partial charge in [0.2, 0.25) is 11.7 Å². The van der Waals surface area contributed by atoms with Gasteiger partial charge < -0.3 is 29.0 Å². The molecule has 26 heavy (non-hydrogen) atoms. The van der Waals surface area contributed by atoms with E-state index in [9.17, 15) is 0 Å². The fourth-order valence-electron chi connectivity index (χ4n) is 2.60. The summed E-state index contributed by atoms with van der Waals surface area (Å²) in [5, 5.41) is 7.43. The summed E-state index contributed by atoms with van der Waals surface area (Å²) in [5.74, 6) is 2.37. The number of methoxy groups -OCH3 is 1. The Balaban J connectivity index is 1.71. The molecule has 0 amide bonds. The summed E-state index contributed by atoms with van der Waals surface area (Å²) in [4.78, 5) is 6.56. The smallest absolute Gasteiger partial charge is 0.246 e. The van der Waals surface area contributed by atoms with Crippen molar-refractivity contribution in [2.75, 3.05) is 47.5 Å². The summed E-state index contributed by atoms with van der Waals surface area (Å²) in [6.07, 6.45) is 0.193. The Morgan fingerprint density at radius 3 is 2.85 bits per heavy atom. The number of morpholine rings is 1. The van der Waals surface area contributed by atoms with Gasteiger partial charge in [0.25, 0.3) is 0 Å². The van der Waals surface area contributed by atoms with E-state index in [1.807, 2.05) is 39.2 Å². The predicted molar refractivity (Wildman–Crippen MR) is 96.5 cm³/mol. The minimum absolute atomic E-state index is 0.0806. The SMILES string of the molecule is COc1cc(-c2noc([C@@H]3CO[C@H](C)CN3)n2)ccc1OCCN(C)C. The van der Waals surface area contributed by atoms with E-state index in [1.165, 1.54) is 0 Å². The predicted octanol–water partition coefficient (Wildman–Crippen LogP) is 1.73. The van der Waals surface area contributed by atoms with E-state index in [4.69, 9.17) is 18.7 Å². The van der Waals surface area contributed by atoms with Gasteiger partial charge in [-0.3, -0.25) is 0 Å². The zero-order valence-electron chi connectivity index (χ0n) is 15.7. The first-order valence-corrected chi connectivity index (χ1v) is 8.71. The molecule has 8 nitrogen and oxygen atoms in total. The first-order chi connectivity index (χ1) is 12.6. The monoisotopic (exact) mass is 362 g/mol. The minimum Gasteiger partial charge on any atom is -0.493 e. The lowest BCUT2D eigenvalue weighted by atomic mass is 10.2. The van der Waals surface area contributed by atoms with E-state index in [0.29, 0.717) is 36.4 Å². The number of ether oxygens (including phenoxy) is 3. The number of aromatic nitrogens is 2. The van der Waals surface area contributed by atoms with Crippen LogP contribution in [0.15, 0.2) is 22.7 Å². The van der Waals surface area contributed by atoms with Crippen LogP contribution in [0.5, 0.6) is 11.5 Å². The standard InChI is InChI=1S/C18H26N4O4/c1-12-10-19-14(11-25-12)18-20-17(21-26-18)13-5-6-15(16(9-13)23-4)24-8-7-22(2)3/h5-6,9,12,14,19H,7-8,10-11H2,1-4H3/t12-,14+/m1/s1. The fourth-order valence-corrected chi connectivity index (χ4v) is 2.60. The minimum atomic E-state index is -0.0806. The van der Waals surface area contributed by atoms with Gasteiger partial charge in [0, 0.05) is 18.7 Å². The molecule has 0 aliphatic carbocycles. The van der Waals surface area contributed by atoms with Crippen molar-refractivity contribution < 1.29 is 18.7 Å². The summed E-state index contributed by atoms with van der Waals surface area (Å²) in [7, 11) is 5.62. The van der Waals surface area contributed by atoms with Crippen molar-refractivity contribution in [2.45, 2.75) is 19.1 Å². The molecule has 0 spiro atoms. The quantitative estimate of drug-likeness (QED) is 0.798. The molecule has 1 N–H and O–H groups in total. The highest BCUT2D eigenvalue weighted by molar-refractivity contribution is 5.60. The molecule has 8 heteroatoms. The van der Waals surface area contributed by atoms with Gasteiger partial charge in [-0.15, -0.1) is 0 Å². The van der Waals surface area contributed by atoms with Crippen LogP contribution in [0, 0.1) is 0 Å². The van der Waals surface area contributed by atoms with Gasteiger partial charge >= 0.3 is 0 Å². The molecule has 2 aromatic rings. The molecule has 1 aromatic heterocycles. The molecule has 1 aliphatic rings. The normalized spacial score (nSPS) is 20.3. The van der Waals surface area contributed by atoms with Gasteiger partial charge in [-0.1, -0.05) is 5.16 Å². The van der Waals surface area contributed by atoms with Gasteiger partial charge in [-0.25, -0.2) is 0 Å². The largest absolute Gasteiger partial charge is 0.493 e. The van der Waals surface area contributed by atoms with Gasteiger partial charge in [0.05, 0.1) is 19.8 Å². The van der Waals surface area contributed by atoms with E-state index >= 15 is 0 Å². The number of nitrogens with zero attached hydrogens (tertiary/aromatic N) is 3. The second-order valence-electron chi connectivity index (χ2n) is 6.58. The number of hydrogen-bond acceptors (Lipinski definition) is 8. The summed E-state index contributed by atoms with van der Waals surface area (Å²) < 4.78 is 22.3. The maximum atomic E-state index is 5.78. The van der Waals surface area contributed by atoms with E-state index in [0.717, 1.165) is 18.7 Å². The Kier molecular flexibility index (Phi) is 6.08. The second kappa shape index (κ2) is 8.48. The van der Waals surface area contributed by atoms with Gasteiger partial charge in [-0.05, 0) is 39.2 Å². The highest BCUT2D eigenvalue weighted by Crippen LogP contribution is 2.32. The highest BCUT2D eigenvalue weighted by atomic mass is 16.5. The van der Waals surface area contributed by atoms with Crippen LogP contribution >= 0.6 is 0 Å². The lowest BCUT2D eigenvalue weighted by Gasteiger charge is -2.25. The molecule has 0 bridgehead atoms. The summed E-state index contributed by atoms with van der Waals surface area (Å²) in [5.41, 5.74) is 0.807. The molecule has 1 aromatic carbocycles. The molecule has 142 valence electrons. The average molecular weight is 362 g/mol. The van der Waals surface area contributed by atoms with Crippen molar-refractivity contribution in [1.82, 2.24) is 20.4 Å². The molecule has 1 fully saturated rings. The first kappa shape index (κ1) is 18.6. The van der Waals surface area contributed by atoms with Crippen LogP contribution in [0.1, 0.15) is 18.9 Å². The lowest BCUT2D eigenvalue weighted by Crippen LogP contribution is -2.39. The number of likely N-dealkylation sites (N-methyl/N-ethyl adjacent to an activating group) is 1. The summed E-state index contributed by atoms with van der Waals surface area (Å²) in [6.45, 7) is 4.71. The van der Waals surface area contributed by atoms with Crippen LogP contribution in [-0.4, -0.2) is 68.7 Å². The Bertz CT molecular complexity index is 711. The summed E-state index contributed by atoms with van der Waals surface area (Å²) in [6, 6.07) is 5.54. The van der Waals surface area contributed by atoms with Crippen molar-refractivity contribution in [3.63, 3.8) is 0 Å². The van der Waals surface area contributed by atoms with Gasteiger partial charge in [0.1, 0.15) is 12.6 Å². The van der Waals surface area contributed by atoms with Gasteiger partial charge in [-0.2, -0.15) is 4.98 Å². The van der Waals surface area contributed by atoms with Crippen LogP contribution in [0.2, 0.25) is 0 Å². The van der Waals surface area contributed by atoms with E-state index in [-0.39, 0.29) is 12.1 Å². The van der Waals surface area contributed by atoms with E-state index < -0.39 is 0 Å². The Hall–Kier alpha value is -2.16. The number of nitrogens with one attached hydrogen (secondary N) is 1. The fraction of sp³-hybridized carbons (Fsp3) is 0.556. The Morgan fingerprint density at radius 2 is 2.15 bits per heavy atom. The lowest BCUT2D eigenvalue weighted by molar-refractivity contribution is 0.00762. The van der Waals surface area contributed by atoms with Crippen LogP contribution < -0.4 is 14.8 Å². The summed E-state index contributed by atoms with van der Waals surface area (Å²) >= 11 is 0. The van der Waals surface area contributed by atoms with Gasteiger partial charge in [0.15, 0.2) is 11.5 Å². The third-order valence-electron chi connectivity index (χ3n) is 4.16. The molecule has 1 saturated heterocycles. The molecule has 2 atom stereocenters. The zero-order chi connectivity index (χ0) is 18.5. The van der Waals surface area contributed by atoms with Crippen molar-refractivity contribution in [3.05, 3.63) is 24.1 Å². The maximum absolute atomic E-state index is 5.78. The van der Waals surface area contributed by atoms with Crippen molar-refractivity contribution in [2.24, 2.45) is 0 Å². The Morgan fingerprint density at radius 1 is 1.31 bits per heavy atom. The van der Waals surface area contributed by atoms with Crippen molar-refractivity contribution >= 4 is 0 Å². The highest BCUT2D eigenvalue weighted by Gasteiger charge is 2.25. The first-order valence-electron chi connectivity index (χ1n) is 8.71. The van der Waals surface area contributed by atoms with Crippen molar-refractivity contribution in [1.29, 1.82) is 0 Å². The maximum Gasteiger partial charge on any atom is 0.246 e. The van der Waals surface area contributed by atoms with Crippen LogP contribution in [0.25, 0.3) is 11.4 Å². The molecule has 3 rings (SSSR count). The number of hydrogen-bond donors (Lipinski definition) is 1. The van der Waals surface area contributed by atoms with Crippen LogP contribution in [-0.2, 0) is 4.74 Å². The third-order valence-corrected chi connectivity index (χ3v) is 4.16. The van der Waals surface area contributed by atoms with Crippen LogP contribution in [0.4, 0.5) is 0 Å². The third kappa shape index (κ3) is 4.51. The Labute approximate surface area is 153 Å². The van der Waals surface area contributed by atoms with E-state index in [1.54, 1.807) is 7.11 Å². The zero-order valence-corrected chi connectivity index (χ0v) is 15.7. The molecule has 2 heterocycles. The molecule has 1 aliphatic heterocycles. The second-order valence-corrected chi connectivity index (χ2v) is 6.58. The molecular formula is C18H26N4O4. The van der Waals surface area contributed by atoms with E-state index in [2.05, 4.69) is 20.4 Å². The topological polar surface area (TPSA) is 81.9 Å². The molecule has 0 radical (unpaired) electrons. The molecule has 0 unspecified atom stereocenters. The molecule has 0 saturated carbocycles. The average Bonchev–Trinajstić information content (AvgIpc) is 3.12. The van der Waals surface area contributed by atoms with Crippen LogP contribution in [0.3, 0.4) is 0 Å². The number of rotatable bonds is 7. The number of benzene rings is 1. The van der Waals surface area contributed by atoms with Crippen molar-refractivity contribution in [3.8, 4) is 22.9 Å².